The maximum Gasteiger partial charge on any atom is 0.0153 e. The molecular weight excluding hydrogens is 440 g/mol. The lowest BCUT2D eigenvalue weighted by molar-refractivity contribution is 0.301. The van der Waals surface area contributed by atoms with E-state index >= 15 is 0 Å². The van der Waals surface area contributed by atoms with Crippen LogP contribution in [0.3, 0.4) is 0 Å². The number of rotatable bonds is 24. The topological polar surface area (TPSA) is 48.1 Å². The molecule has 0 saturated heterocycles. The smallest absolute Gasteiger partial charge is 0.0153 e. The van der Waals surface area contributed by atoms with E-state index in [1.165, 1.54) is 77.0 Å². The number of hydrogen-bond donors (Lipinski definition) is 4. The third-order valence-corrected chi connectivity index (χ3v) is 9.56. The molecule has 0 amide bonds. The fourth-order valence-electron chi connectivity index (χ4n) is 4.62. The summed E-state index contributed by atoms with van der Waals surface area (Å²) in [5, 5.41) is 15.2. The van der Waals surface area contributed by atoms with Crippen molar-refractivity contribution < 1.29 is 0 Å². The quantitative estimate of drug-likeness (QED) is 0.0795. The minimum atomic E-state index is 0.230. The van der Waals surface area contributed by atoms with Gasteiger partial charge in [-0.25, -0.2) is 0 Å². The van der Waals surface area contributed by atoms with Crippen LogP contribution in [0, 0.1) is 0 Å². The van der Waals surface area contributed by atoms with Crippen molar-refractivity contribution in [3.05, 3.63) is 12.2 Å². The zero-order chi connectivity index (χ0) is 27.6. The number of nitrogens with one attached hydrogen (secondary N) is 4. The van der Waals surface area contributed by atoms with Gasteiger partial charge in [0, 0.05) is 35.2 Å². The molecule has 0 aromatic carbocycles. The normalized spacial score (nSPS) is 16.4. The van der Waals surface area contributed by atoms with Gasteiger partial charge >= 0.3 is 0 Å². The molecule has 0 heterocycles. The minimum absolute atomic E-state index is 0.230. The van der Waals surface area contributed by atoms with E-state index < -0.39 is 0 Å². The lowest BCUT2D eigenvalue weighted by atomic mass is 9.91. The molecule has 0 aliphatic rings. The van der Waals surface area contributed by atoms with Gasteiger partial charge in [-0.1, -0.05) is 66.5 Å². The van der Waals surface area contributed by atoms with Gasteiger partial charge in [-0.05, 0) is 105 Å². The molecule has 216 valence electrons. The van der Waals surface area contributed by atoms with Crippen LogP contribution in [0.15, 0.2) is 12.2 Å². The van der Waals surface area contributed by atoms with Crippen molar-refractivity contribution in [3.8, 4) is 0 Å². The summed E-state index contributed by atoms with van der Waals surface area (Å²) in [4.78, 5) is 0. The van der Waals surface area contributed by atoms with Crippen molar-refractivity contribution in [2.45, 2.75) is 168 Å². The summed E-state index contributed by atoms with van der Waals surface area (Å²) in [7, 11) is 0. The van der Waals surface area contributed by atoms with E-state index in [1.54, 1.807) is 0 Å². The van der Waals surface area contributed by atoms with E-state index in [9.17, 15) is 0 Å². The van der Waals surface area contributed by atoms with Crippen molar-refractivity contribution in [3.63, 3.8) is 0 Å². The van der Waals surface area contributed by atoms with Gasteiger partial charge in [-0.2, -0.15) is 0 Å². The summed E-state index contributed by atoms with van der Waals surface area (Å²) in [6, 6.07) is 0. The molecule has 0 radical (unpaired) electrons. The van der Waals surface area contributed by atoms with Gasteiger partial charge in [0.25, 0.3) is 0 Å². The Labute approximate surface area is 228 Å². The van der Waals surface area contributed by atoms with E-state index in [4.69, 9.17) is 0 Å². The fourth-order valence-corrected chi connectivity index (χ4v) is 4.62. The minimum Gasteiger partial charge on any atom is -0.312 e. The Balaban J connectivity index is 4.21. The summed E-state index contributed by atoms with van der Waals surface area (Å²) in [5.41, 5.74) is 1.07. The summed E-state index contributed by atoms with van der Waals surface area (Å²) < 4.78 is 0. The van der Waals surface area contributed by atoms with Gasteiger partial charge < -0.3 is 21.3 Å². The lowest BCUT2D eigenvalue weighted by Crippen LogP contribution is -2.43. The van der Waals surface area contributed by atoms with E-state index in [-0.39, 0.29) is 11.1 Å². The largest absolute Gasteiger partial charge is 0.312 e. The molecule has 0 aliphatic carbocycles. The predicted octanol–water partition coefficient (Wildman–Crippen LogP) is 7.74. The second kappa shape index (κ2) is 18.8. The van der Waals surface area contributed by atoms with Crippen LogP contribution in [0.5, 0.6) is 0 Å². The Morgan fingerprint density at radius 1 is 0.417 bits per heavy atom. The maximum absolute atomic E-state index is 3.81. The van der Waals surface area contributed by atoms with Gasteiger partial charge in [-0.15, -0.1) is 0 Å². The third kappa shape index (κ3) is 15.1. The summed E-state index contributed by atoms with van der Waals surface area (Å²) in [6.45, 7) is 27.4. The van der Waals surface area contributed by atoms with Crippen LogP contribution in [-0.2, 0) is 0 Å². The highest BCUT2D eigenvalue weighted by molar-refractivity contribution is 4.93. The standard InChI is InChI=1S/C32H68N4/c1-11-29(7,12-2)33-25-19-17-23-31(9,15-5)35-27-21-22-28-36-32(10,16-6)24-18-20-26-34-30(8,13-3)14-4/h21-22,33-36H,11-20,23-28H2,1-10H3/b22-21-. The summed E-state index contributed by atoms with van der Waals surface area (Å²) >= 11 is 0. The van der Waals surface area contributed by atoms with E-state index in [2.05, 4.69) is 103 Å². The average molecular weight is 509 g/mol. The van der Waals surface area contributed by atoms with Crippen LogP contribution in [0.1, 0.15) is 146 Å². The molecule has 36 heavy (non-hydrogen) atoms. The van der Waals surface area contributed by atoms with E-state index in [0.29, 0.717) is 11.1 Å². The summed E-state index contributed by atoms with van der Waals surface area (Å²) in [5.74, 6) is 0. The first-order chi connectivity index (χ1) is 17.0. The molecule has 0 aromatic heterocycles. The number of unbranched alkanes of at least 4 members (excludes halogenated alkanes) is 2. The van der Waals surface area contributed by atoms with E-state index in [0.717, 1.165) is 26.2 Å². The van der Waals surface area contributed by atoms with Crippen LogP contribution < -0.4 is 21.3 Å². The molecule has 0 rings (SSSR count). The highest BCUT2D eigenvalue weighted by Gasteiger charge is 2.22. The Bertz CT molecular complexity index is 504. The summed E-state index contributed by atoms with van der Waals surface area (Å²) in [6.07, 6.45) is 19.3. The Hall–Kier alpha value is -0.420. The zero-order valence-corrected chi connectivity index (χ0v) is 26.5. The molecule has 0 fully saturated rings. The van der Waals surface area contributed by atoms with Gasteiger partial charge in [-0.3, -0.25) is 0 Å². The zero-order valence-electron chi connectivity index (χ0n) is 26.5. The van der Waals surface area contributed by atoms with Gasteiger partial charge in [0.05, 0.1) is 0 Å². The van der Waals surface area contributed by atoms with Crippen LogP contribution >= 0.6 is 0 Å². The molecule has 0 bridgehead atoms. The van der Waals surface area contributed by atoms with Crippen LogP contribution in [0.25, 0.3) is 0 Å². The third-order valence-electron chi connectivity index (χ3n) is 9.56. The monoisotopic (exact) mass is 509 g/mol. The van der Waals surface area contributed by atoms with Crippen molar-refractivity contribution in [2.75, 3.05) is 26.2 Å². The number of hydrogen-bond acceptors (Lipinski definition) is 4. The molecule has 2 atom stereocenters. The molecule has 4 heteroatoms. The Morgan fingerprint density at radius 3 is 1.00 bits per heavy atom. The van der Waals surface area contributed by atoms with Gasteiger partial charge in [0.15, 0.2) is 0 Å². The van der Waals surface area contributed by atoms with Crippen molar-refractivity contribution in [2.24, 2.45) is 0 Å². The second-order valence-electron chi connectivity index (χ2n) is 12.4. The Morgan fingerprint density at radius 2 is 0.722 bits per heavy atom. The van der Waals surface area contributed by atoms with Gasteiger partial charge in [0.1, 0.15) is 0 Å². The molecule has 0 saturated carbocycles. The van der Waals surface area contributed by atoms with Crippen molar-refractivity contribution in [1.29, 1.82) is 0 Å². The maximum atomic E-state index is 3.81. The van der Waals surface area contributed by atoms with Crippen molar-refractivity contribution in [1.82, 2.24) is 21.3 Å². The first-order valence-corrected chi connectivity index (χ1v) is 15.6. The first kappa shape index (κ1) is 35.6. The molecule has 2 unspecified atom stereocenters. The molecule has 0 spiro atoms. The second-order valence-corrected chi connectivity index (χ2v) is 12.4. The highest BCUT2D eigenvalue weighted by Crippen LogP contribution is 2.20. The molecule has 4 N–H and O–H groups in total. The predicted molar refractivity (Wildman–Crippen MR) is 164 cm³/mol. The molecule has 0 aromatic rings. The fraction of sp³-hybridized carbons (Fsp3) is 0.938. The van der Waals surface area contributed by atoms with Crippen molar-refractivity contribution >= 4 is 0 Å². The molecule has 0 aliphatic heterocycles. The van der Waals surface area contributed by atoms with Crippen LogP contribution in [0.2, 0.25) is 0 Å². The van der Waals surface area contributed by atoms with Crippen LogP contribution in [0.4, 0.5) is 0 Å². The highest BCUT2D eigenvalue weighted by atomic mass is 15.0. The SMILES string of the molecule is CCC(C)(CC)NCCCCC(C)(CC)NC/C=C\CNC(C)(CC)CCCCNC(C)(CC)CC. The van der Waals surface area contributed by atoms with Crippen LogP contribution in [-0.4, -0.2) is 48.3 Å². The van der Waals surface area contributed by atoms with Gasteiger partial charge in [0.2, 0.25) is 0 Å². The van der Waals surface area contributed by atoms with E-state index in [1.807, 2.05) is 0 Å². The Kier molecular flexibility index (Phi) is 18.5. The molecule has 4 nitrogen and oxygen atoms in total. The average Bonchev–Trinajstić information content (AvgIpc) is 2.89. The lowest BCUT2D eigenvalue weighted by Gasteiger charge is -2.31. The molecular formula is C32H68N4. The first-order valence-electron chi connectivity index (χ1n) is 15.6.